The number of piperidine rings is 1. The van der Waals surface area contributed by atoms with E-state index in [2.05, 4.69) is 15.1 Å². The zero-order chi connectivity index (χ0) is 17.2. The Kier molecular flexibility index (Phi) is 6.54. The summed E-state index contributed by atoms with van der Waals surface area (Å²) in [6.07, 6.45) is 6.57. The maximum absolute atomic E-state index is 13.4. The summed E-state index contributed by atoms with van der Waals surface area (Å²) in [6.45, 7) is 3.65. The third-order valence-electron chi connectivity index (χ3n) is 6.11. The van der Waals surface area contributed by atoms with E-state index in [1.165, 1.54) is 12.1 Å². The maximum Gasteiger partial charge on any atom is 0.240 e. The molecule has 4 rings (SSSR count). The zero-order valence-corrected chi connectivity index (χ0v) is 16.0. The minimum atomic E-state index is -0.205. The molecule has 26 heavy (non-hydrogen) atoms. The second-order valence-electron chi connectivity index (χ2n) is 7.73. The van der Waals surface area contributed by atoms with Crippen LogP contribution >= 0.6 is 12.4 Å². The van der Waals surface area contributed by atoms with E-state index in [0.29, 0.717) is 18.0 Å². The molecule has 0 saturated carbocycles. The molecule has 4 nitrogen and oxygen atoms in total. The van der Waals surface area contributed by atoms with Crippen molar-refractivity contribution in [3.63, 3.8) is 0 Å². The molecule has 0 radical (unpaired) electrons. The number of likely N-dealkylation sites (tertiary alicyclic amines) is 1. The largest absolute Gasteiger partial charge is 0.334 e. The number of nitrogens with one attached hydrogen (secondary N) is 1. The van der Waals surface area contributed by atoms with E-state index in [-0.39, 0.29) is 24.3 Å². The number of nitrogens with zero attached hydrogens (tertiary/aromatic N) is 2. The fraction of sp³-hybridized carbons (Fsp3) is 0.650. The quantitative estimate of drug-likeness (QED) is 0.874. The SMILES string of the molecule is Cl.O=C(C1CCCCN1Cc1ccc(F)cc1)N1C2CCNCC1CC2. The van der Waals surface area contributed by atoms with Crippen LogP contribution in [0.2, 0.25) is 0 Å². The third kappa shape index (κ3) is 4.05. The number of amides is 1. The molecule has 3 aliphatic heterocycles. The highest BCUT2D eigenvalue weighted by atomic mass is 35.5. The average molecular weight is 382 g/mol. The van der Waals surface area contributed by atoms with Crippen molar-refractivity contribution >= 4 is 18.3 Å². The number of rotatable bonds is 3. The van der Waals surface area contributed by atoms with Crippen LogP contribution in [0.15, 0.2) is 24.3 Å². The van der Waals surface area contributed by atoms with Crippen molar-refractivity contribution in [1.82, 2.24) is 15.1 Å². The van der Waals surface area contributed by atoms with E-state index < -0.39 is 0 Å². The standard InChI is InChI=1S/C20H28FN3O.ClH/c21-16-6-4-15(5-7-16)14-23-12-2-1-3-19(23)20(25)24-17-8-9-18(24)13-22-11-10-17;/h4-7,17-19,22H,1-3,8-14H2;1H. The third-order valence-corrected chi connectivity index (χ3v) is 6.11. The number of fused-ring (bicyclic) bond motifs is 2. The molecule has 3 atom stereocenters. The summed E-state index contributed by atoms with van der Waals surface area (Å²) in [5.74, 6) is 0.127. The first kappa shape index (κ1) is 19.6. The maximum atomic E-state index is 13.4. The first-order valence-electron chi connectivity index (χ1n) is 9.74. The van der Waals surface area contributed by atoms with Gasteiger partial charge in [-0.05, 0) is 62.9 Å². The Balaban J connectivity index is 0.00000196. The molecule has 1 N–H and O–H groups in total. The van der Waals surface area contributed by atoms with Crippen LogP contribution in [0.1, 0.15) is 44.1 Å². The van der Waals surface area contributed by atoms with Gasteiger partial charge in [-0.1, -0.05) is 18.6 Å². The summed E-state index contributed by atoms with van der Waals surface area (Å²) in [5, 5.41) is 3.48. The van der Waals surface area contributed by atoms with E-state index >= 15 is 0 Å². The van der Waals surface area contributed by atoms with Gasteiger partial charge < -0.3 is 10.2 Å². The van der Waals surface area contributed by atoms with Gasteiger partial charge in [0.05, 0.1) is 6.04 Å². The highest BCUT2D eigenvalue weighted by molar-refractivity contribution is 5.85. The molecule has 0 aliphatic carbocycles. The van der Waals surface area contributed by atoms with Crippen LogP contribution in [0.5, 0.6) is 0 Å². The topological polar surface area (TPSA) is 35.6 Å². The van der Waals surface area contributed by atoms with Crippen LogP contribution in [-0.2, 0) is 11.3 Å². The van der Waals surface area contributed by atoms with Crippen LogP contribution < -0.4 is 5.32 Å². The van der Waals surface area contributed by atoms with Crippen molar-refractivity contribution in [2.75, 3.05) is 19.6 Å². The summed E-state index contributed by atoms with van der Waals surface area (Å²) in [6, 6.07) is 7.47. The van der Waals surface area contributed by atoms with Gasteiger partial charge in [-0.25, -0.2) is 4.39 Å². The molecule has 0 aromatic heterocycles. The van der Waals surface area contributed by atoms with Crippen LogP contribution in [0.3, 0.4) is 0 Å². The molecule has 3 aliphatic rings. The number of benzene rings is 1. The second-order valence-corrected chi connectivity index (χ2v) is 7.73. The van der Waals surface area contributed by atoms with Gasteiger partial charge in [0, 0.05) is 25.2 Å². The highest BCUT2D eigenvalue weighted by Gasteiger charge is 2.42. The van der Waals surface area contributed by atoms with Crippen LogP contribution in [0, 0.1) is 5.82 Å². The van der Waals surface area contributed by atoms with Crippen molar-refractivity contribution in [2.24, 2.45) is 0 Å². The zero-order valence-electron chi connectivity index (χ0n) is 15.2. The lowest BCUT2D eigenvalue weighted by molar-refractivity contribution is -0.141. The minimum absolute atomic E-state index is 0. The molecule has 6 heteroatoms. The van der Waals surface area contributed by atoms with Gasteiger partial charge in [-0.15, -0.1) is 12.4 Å². The average Bonchev–Trinajstić information content (AvgIpc) is 2.89. The summed E-state index contributed by atoms with van der Waals surface area (Å²) in [4.78, 5) is 18.0. The van der Waals surface area contributed by atoms with Gasteiger partial charge in [0.15, 0.2) is 0 Å². The molecule has 2 bridgehead atoms. The Labute approximate surface area is 161 Å². The fourth-order valence-corrected chi connectivity index (χ4v) is 4.80. The lowest BCUT2D eigenvalue weighted by atomic mass is 9.99. The number of hydrogen-bond donors (Lipinski definition) is 1. The first-order valence-corrected chi connectivity index (χ1v) is 9.74. The number of halogens is 2. The normalized spacial score (nSPS) is 29.1. The Morgan fingerprint density at radius 1 is 1.08 bits per heavy atom. The Hall–Kier alpha value is -1.17. The van der Waals surface area contributed by atoms with E-state index in [4.69, 9.17) is 0 Å². The molecule has 1 aromatic rings. The Morgan fingerprint density at radius 2 is 1.85 bits per heavy atom. The Bertz CT molecular complexity index is 598. The lowest BCUT2D eigenvalue weighted by Crippen LogP contribution is -2.54. The molecular weight excluding hydrogens is 353 g/mol. The molecule has 144 valence electrons. The van der Waals surface area contributed by atoms with Gasteiger partial charge >= 0.3 is 0 Å². The van der Waals surface area contributed by atoms with Crippen LogP contribution in [0.4, 0.5) is 4.39 Å². The monoisotopic (exact) mass is 381 g/mol. The first-order chi connectivity index (χ1) is 12.2. The molecule has 3 saturated heterocycles. The summed E-state index contributed by atoms with van der Waals surface area (Å²) >= 11 is 0. The van der Waals surface area contributed by atoms with E-state index in [1.54, 1.807) is 0 Å². The molecule has 1 aromatic carbocycles. The highest BCUT2D eigenvalue weighted by Crippen LogP contribution is 2.31. The molecule has 0 spiro atoms. The van der Waals surface area contributed by atoms with Crippen molar-refractivity contribution in [1.29, 1.82) is 0 Å². The van der Waals surface area contributed by atoms with Gasteiger partial charge in [0.1, 0.15) is 5.82 Å². The predicted molar refractivity (Wildman–Crippen MR) is 103 cm³/mol. The summed E-state index contributed by atoms with van der Waals surface area (Å²) < 4.78 is 13.2. The van der Waals surface area contributed by atoms with Gasteiger partial charge in [0.25, 0.3) is 0 Å². The lowest BCUT2D eigenvalue weighted by Gasteiger charge is -2.39. The van der Waals surface area contributed by atoms with Crippen LogP contribution in [-0.4, -0.2) is 53.5 Å². The Morgan fingerprint density at radius 3 is 2.65 bits per heavy atom. The van der Waals surface area contributed by atoms with Crippen molar-refractivity contribution in [3.8, 4) is 0 Å². The molecule has 3 unspecified atom stereocenters. The summed E-state index contributed by atoms with van der Waals surface area (Å²) in [5.41, 5.74) is 1.08. The van der Waals surface area contributed by atoms with Gasteiger partial charge in [-0.2, -0.15) is 0 Å². The van der Waals surface area contributed by atoms with Crippen molar-refractivity contribution in [2.45, 2.75) is 63.2 Å². The number of carbonyl (C=O) groups excluding carboxylic acids is 1. The van der Waals surface area contributed by atoms with E-state index in [1.807, 2.05) is 12.1 Å². The fourth-order valence-electron chi connectivity index (χ4n) is 4.80. The predicted octanol–water partition coefficient (Wildman–Crippen LogP) is 2.95. The summed E-state index contributed by atoms with van der Waals surface area (Å²) in [7, 11) is 0. The number of hydrogen-bond acceptors (Lipinski definition) is 3. The van der Waals surface area contributed by atoms with Crippen LogP contribution in [0.25, 0.3) is 0 Å². The van der Waals surface area contributed by atoms with Crippen molar-refractivity contribution < 1.29 is 9.18 Å². The number of carbonyl (C=O) groups is 1. The van der Waals surface area contributed by atoms with Crippen molar-refractivity contribution in [3.05, 3.63) is 35.6 Å². The second kappa shape index (κ2) is 8.68. The molecule has 1 amide bonds. The van der Waals surface area contributed by atoms with E-state index in [9.17, 15) is 9.18 Å². The van der Waals surface area contributed by atoms with E-state index in [0.717, 1.165) is 70.3 Å². The molecular formula is C20H29ClFN3O. The molecule has 3 heterocycles. The smallest absolute Gasteiger partial charge is 0.240 e. The molecule has 3 fully saturated rings. The van der Waals surface area contributed by atoms with Gasteiger partial charge in [-0.3, -0.25) is 9.69 Å². The van der Waals surface area contributed by atoms with Gasteiger partial charge in [0.2, 0.25) is 5.91 Å². The minimum Gasteiger partial charge on any atom is -0.334 e.